The van der Waals surface area contributed by atoms with Gasteiger partial charge >= 0.3 is 0 Å². The number of fused-ring (bicyclic) bond motifs is 1. The molecule has 24 heavy (non-hydrogen) atoms. The van der Waals surface area contributed by atoms with Crippen LogP contribution in [0.2, 0.25) is 0 Å². The maximum absolute atomic E-state index is 12.6. The first-order valence-electron chi connectivity index (χ1n) is 7.85. The number of rotatable bonds is 4. The molecule has 3 aromatic rings. The van der Waals surface area contributed by atoms with Gasteiger partial charge in [-0.05, 0) is 25.5 Å². The molecule has 2 heterocycles. The lowest BCUT2D eigenvalue weighted by atomic mass is 10.2. The largest absolute Gasteiger partial charge is 0.337 e. The van der Waals surface area contributed by atoms with Gasteiger partial charge in [-0.15, -0.1) is 0 Å². The van der Waals surface area contributed by atoms with Gasteiger partial charge in [-0.3, -0.25) is 4.79 Å². The predicted octanol–water partition coefficient (Wildman–Crippen LogP) is 3.13. The molecule has 3 rings (SSSR count). The van der Waals surface area contributed by atoms with Gasteiger partial charge in [0.05, 0.1) is 5.69 Å². The summed E-state index contributed by atoms with van der Waals surface area (Å²) in [5, 5.41) is 4.36. The maximum Gasteiger partial charge on any atom is 0.272 e. The molecule has 0 aliphatic carbocycles. The second-order valence-electron chi connectivity index (χ2n) is 5.84. The van der Waals surface area contributed by atoms with Gasteiger partial charge in [-0.1, -0.05) is 42.5 Å². The number of amides is 1. The third kappa shape index (κ3) is 3.35. The molecule has 0 bridgehead atoms. The molecule has 0 aliphatic heterocycles. The van der Waals surface area contributed by atoms with E-state index in [1.54, 1.807) is 22.5 Å². The van der Waals surface area contributed by atoms with E-state index in [2.05, 4.69) is 10.1 Å². The van der Waals surface area contributed by atoms with E-state index in [1.165, 1.54) is 0 Å². The van der Waals surface area contributed by atoms with Gasteiger partial charge in [0.2, 0.25) is 0 Å². The summed E-state index contributed by atoms with van der Waals surface area (Å²) >= 11 is 0. The summed E-state index contributed by atoms with van der Waals surface area (Å²) < 4.78 is 1.75. The van der Waals surface area contributed by atoms with Crippen molar-refractivity contribution in [1.29, 1.82) is 0 Å². The van der Waals surface area contributed by atoms with E-state index in [1.807, 2.05) is 62.4 Å². The van der Waals surface area contributed by atoms with Gasteiger partial charge in [0, 0.05) is 25.4 Å². The summed E-state index contributed by atoms with van der Waals surface area (Å²) in [4.78, 5) is 18.7. The average Bonchev–Trinajstić information content (AvgIpc) is 2.96. The van der Waals surface area contributed by atoms with Crippen LogP contribution in [-0.4, -0.2) is 39.0 Å². The number of benzene rings is 1. The standard InChI is InChI=1S/C19H20N4O/c1-14-12-18-20-17(13-15(2)23(18)21-14)19(24)22(3)11-7-10-16-8-5-4-6-9-16/h4-10,12-13H,11H2,1-3H3/b10-7+. The van der Waals surface area contributed by atoms with Crippen LogP contribution >= 0.6 is 0 Å². The highest BCUT2D eigenvalue weighted by Gasteiger charge is 2.15. The van der Waals surface area contributed by atoms with Gasteiger partial charge in [0.15, 0.2) is 5.65 Å². The highest BCUT2D eigenvalue weighted by Crippen LogP contribution is 2.10. The van der Waals surface area contributed by atoms with Crippen molar-refractivity contribution in [3.8, 4) is 0 Å². The number of aryl methyl sites for hydroxylation is 2. The Balaban J connectivity index is 1.74. The predicted molar refractivity (Wildman–Crippen MR) is 94.9 cm³/mol. The van der Waals surface area contributed by atoms with E-state index in [4.69, 9.17) is 0 Å². The highest BCUT2D eigenvalue weighted by molar-refractivity contribution is 5.92. The number of hydrogen-bond acceptors (Lipinski definition) is 3. The molecule has 0 aliphatic rings. The van der Waals surface area contributed by atoms with Crippen LogP contribution in [0.3, 0.4) is 0 Å². The molecule has 1 aromatic carbocycles. The van der Waals surface area contributed by atoms with Gasteiger partial charge in [-0.25, -0.2) is 9.50 Å². The number of hydrogen-bond donors (Lipinski definition) is 0. The van der Waals surface area contributed by atoms with Gasteiger partial charge < -0.3 is 4.90 Å². The fourth-order valence-corrected chi connectivity index (χ4v) is 2.54. The van der Waals surface area contributed by atoms with Crippen LogP contribution in [0.25, 0.3) is 11.7 Å². The van der Waals surface area contributed by atoms with Gasteiger partial charge in [-0.2, -0.15) is 5.10 Å². The van der Waals surface area contributed by atoms with Crippen LogP contribution in [-0.2, 0) is 0 Å². The zero-order chi connectivity index (χ0) is 17.1. The Bertz CT molecular complexity index is 896. The smallest absolute Gasteiger partial charge is 0.272 e. The first-order chi connectivity index (χ1) is 11.5. The lowest BCUT2D eigenvalue weighted by molar-refractivity contribution is 0.0804. The maximum atomic E-state index is 12.6. The molecule has 0 saturated heterocycles. The summed E-state index contributed by atoms with van der Waals surface area (Å²) in [5.74, 6) is -0.0998. The molecule has 0 unspecified atom stereocenters. The van der Waals surface area contributed by atoms with E-state index in [0.29, 0.717) is 17.9 Å². The zero-order valence-electron chi connectivity index (χ0n) is 14.1. The molecular formula is C19H20N4O. The second-order valence-corrected chi connectivity index (χ2v) is 5.84. The lowest BCUT2D eigenvalue weighted by Gasteiger charge is -2.15. The number of carbonyl (C=O) groups is 1. The van der Waals surface area contributed by atoms with Crippen molar-refractivity contribution < 1.29 is 4.79 Å². The normalized spacial score (nSPS) is 11.3. The Hall–Kier alpha value is -2.95. The fraction of sp³-hybridized carbons (Fsp3) is 0.211. The first-order valence-corrected chi connectivity index (χ1v) is 7.85. The molecule has 2 aromatic heterocycles. The topological polar surface area (TPSA) is 50.5 Å². The Labute approximate surface area is 141 Å². The molecule has 0 fully saturated rings. The van der Waals surface area contributed by atoms with Crippen molar-refractivity contribution in [2.45, 2.75) is 13.8 Å². The molecule has 0 N–H and O–H groups in total. The highest BCUT2D eigenvalue weighted by atomic mass is 16.2. The van der Waals surface area contributed by atoms with Crippen molar-refractivity contribution >= 4 is 17.6 Å². The van der Waals surface area contributed by atoms with Crippen LogP contribution in [0.5, 0.6) is 0 Å². The molecule has 0 atom stereocenters. The fourth-order valence-electron chi connectivity index (χ4n) is 2.54. The Morgan fingerprint density at radius 2 is 1.96 bits per heavy atom. The average molecular weight is 320 g/mol. The summed E-state index contributed by atoms with van der Waals surface area (Å²) in [6.45, 7) is 4.36. The Kier molecular flexibility index (Phi) is 4.42. The van der Waals surface area contributed by atoms with Crippen LogP contribution < -0.4 is 0 Å². The summed E-state index contributed by atoms with van der Waals surface area (Å²) in [7, 11) is 1.78. The Morgan fingerprint density at radius 1 is 1.21 bits per heavy atom. The summed E-state index contributed by atoms with van der Waals surface area (Å²) in [6, 6.07) is 13.7. The SMILES string of the molecule is Cc1cc2nc(C(=O)N(C)C/C=C/c3ccccc3)cc(C)n2n1. The molecule has 0 radical (unpaired) electrons. The molecule has 5 nitrogen and oxygen atoms in total. The van der Waals surface area contributed by atoms with Crippen molar-refractivity contribution in [3.05, 3.63) is 71.2 Å². The number of nitrogens with zero attached hydrogens (tertiary/aromatic N) is 4. The van der Waals surface area contributed by atoms with Crippen molar-refractivity contribution in [2.75, 3.05) is 13.6 Å². The minimum atomic E-state index is -0.0998. The second kappa shape index (κ2) is 6.66. The zero-order valence-corrected chi connectivity index (χ0v) is 14.1. The van der Waals surface area contributed by atoms with E-state index in [-0.39, 0.29) is 5.91 Å². The van der Waals surface area contributed by atoms with E-state index in [0.717, 1.165) is 17.0 Å². The lowest BCUT2D eigenvalue weighted by Crippen LogP contribution is -2.28. The van der Waals surface area contributed by atoms with E-state index < -0.39 is 0 Å². The van der Waals surface area contributed by atoms with Gasteiger partial charge in [0.25, 0.3) is 5.91 Å². The first kappa shape index (κ1) is 15.9. The Morgan fingerprint density at radius 3 is 2.71 bits per heavy atom. The van der Waals surface area contributed by atoms with Crippen LogP contribution in [0.15, 0.2) is 48.5 Å². The third-order valence-corrected chi connectivity index (χ3v) is 3.78. The van der Waals surface area contributed by atoms with Crippen molar-refractivity contribution in [1.82, 2.24) is 19.5 Å². The van der Waals surface area contributed by atoms with Crippen LogP contribution in [0.4, 0.5) is 0 Å². The van der Waals surface area contributed by atoms with Crippen LogP contribution in [0, 0.1) is 13.8 Å². The van der Waals surface area contributed by atoms with Crippen molar-refractivity contribution in [2.24, 2.45) is 0 Å². The minimum absolute atomic E-state index is 0.0998. The molecule has 5 heteroatoms. The molecule has 0 spiro atoms. The van der Waals surface area contributed by atoms with E-state index in [9.17, 15) is 4.79 Å². The van der Waals surface area contributed by atoms with Crippen molar-refractivity contribution in [3.63, 3.8) is 0 Å². The molecular weight excluding hydrogens is 300 g/mol. The number of likely N-dealkylation sites (N-methyl/N-ethyl adjacent to an activating group) is 1. The minimum Gasteiger partial charge on any atom is -0.337 e. The van der Waals surface area contributed by atoms with Crippen LogP contribution in [0.1, 0.15) is 27.4 Å². The molecule has 1 amide bonds. The van der Waals surface area contributed by atoms with E-state index >= 15 is 0 Å². The summed E-state index contributed by atoms with van der Waals surface area (Å²) in [5.41, 5.74) is 4.03. The monoisotopic (exact) mass is 320 g/mol. The van der Waals surface area contributed by atoms with Gasteiger partial charge in [0.1, 0.15) is 5.69 Å². The third-order valence-electron chi connectivity index (χ3n) is 3.78. The molecule has 0 saturated carbocycles. The summed E-state index contributed by atoms with van der Waals surface area (Å²) in [6.07, 6.45) is 3.98. The molecule has 122 valence electrons. The number of carbonyl (C=O) groups excluding carboxylic acids is 1. The number of aromatic nitrogens is 3. The quantitative estimate of drug-likeness (QED) is 0.742.